The molecule has 1 aliphatic heterocycles. The van der Waals surface area contributed by atoms with Crippen molar-refractivity contribution in [3.63, 3.8) is 0 Å². The van der Waals surface area contributed by atoms with Crippen LogP contribution < -0.4 is 14.4 Å². The molecule has 1 N–H and O–H groups in total. The molecular formula is C23H30N2O4S. The Morgan fingerprint density at radius 3 is 2.47 bits per heavy atom. The number of hydrogen-bond donors (Lipinski definition) is 1. The molecule has 0 aliphatic carbocycles. The third-order valence-electron chi connectivity index (χ3n) is 5.08. The molecular weight excluding hydrogens is 400 g/mol. The van der Waals surface area contributed by atoms with Crippen molar-refractivity contribution in [2.45, 2.75) is 46.4 Å². The zero-order valence-electron chi connectivity index (χ0n) is 18.4. The summed E-state index contributed by atoms with van der Waals surface area (Å²) in [6, 6.07) is 10.3. The second-order valence-electron chi connectivity index (χ2n) is 9.04. The van der Waals surface area contributed by atoms with E-state index in [1.807, 2.05) is 40.7 Å². The fourth-order valence-electron chi connectivity index (χ4n) is 3.57. The molecule has 0 spiro atoms. The number of carbonyl (C=O) groups is 1. The number of nitrogens with zero attached hydrogens (tertiary/aromatic N) is 1. The van der Waals surface area contributed by atoms with Gasteiger partial charge in [0.2, 0.25) is 5.91 Å². The van der Waals surface area contributed by atoms with Gasteiger partial charge in [0, 0.05) is 6.54 Å². The van der Waals surface area contributed by atoms with Crippen LogP contribution in [0, 0.1) is 25.2 Å². The quantitative estimate of drug-likeness (QED) is 0.757. The largest absolute Gasteiger partial charge is 0.490 e. The highest BCUT2D eigenvalue weighted by molar-refractivity contribution is 7.92. The van der Waals surface area contributed by atoms with Crippen LogP contribution in [0.15, 0.2) is 41.3 Å². The van der Waals surface area contributed by atoms with Crippen molar-refractivity contribution in [2.75, 3.05) is 22.8 Å². The number of ether oxygens (including phenoxy) is 1. The van der Waals surface area contributed by atoms with Crippen LogP contribution in [-0.4, -0.2) is 27.5 Å². The van der Waals surface area contributed by atoms with E-state index in [1.165, 1.54) is 0 Å². The number of hydrogen-bond acceptors (Lipinski definition) is 4. The second kappa shape index (κ2) is 7.95. The zero-order valence-corrected chi connectivity index (χ0v) is 19.3. The summed E-state index contributed by atoms with van der Waals surface area (Å²) in [4.78, 5) is 15.1. The van der Waals surface area contributed by atoms with Gasteiger partial charge in [0.15, 0.2) is 0 Å². The first-order valence-electron chi connectivity index (χ1n) is 10.1. The molecule has 0 unspecified atom stereocenters. The zero-order chi connectivity index (χ0) is 22.3. The molecule has 2 aromatic rings. The molecule has 0 aromatic heterocycles. The number of amides is 1. The maximum absolute atomic E-state index is 13.2. The van der Waals surface area contributed by atoms with E-state index in [0.717, 1.165) is 5.56 Å². The van der Waals surface area contributed by atoms with Crippen LogP contribution in [-0.2, 0) is 14.8 Å². The van der Waals surface area contributed by atoms with Gasteiger partial charge in [-0.25, -0.2) is 8.42 Å². The molecule has 0 fully saturated rings. The van der Waals surface area contributed by atoms with Gasteiger partial charge in [0.25, 0.3) is 10.0 Å². The van der Waals surface area contributed by atoms with Gasteiger partial charge in [0.05, 0.1) is 21.7 Å². The monoisotopic (exact) mass is 430 g/mol. The van der Waals surface area contributed by atoms with Crippen LogP contribution in [0.25, 0.3) is 0 Å². The molecule has 30 heavy (non-hydrogen) atoms. The van der Waals surface area contributed by atoms with Crippen LogP contribution in [0.2, 0.25) is 0 Å². The molecule has 0 saturated carbocycles. The Hall–Kier alpha value is -2.54. The predicted molar refractivity (Wildman–Crippen MR) is 120 cm³/mol. The number of fused-ring (bicyclic) bond motifs is 1. The summed E-state index contributed by atoms with van der Waals surface area (Å²) in [6.45, 7) is 12.3. The lowest BCUT2D eigenvalue weighted by atomic mass is 9.92. The molecule has 2 aromatic carbocycles. The van der Waals surface area contributed by atoms with Gasteiger partial charge in [-0.05, 0) is 63.4 Å². The van der Waals surface area contributed by atoms with Crippen LogP contribution in [0.3, 0.4) is 0 Å². The summed E-state index contributed by atoms with van der Waals surface area (Å²) in [5, 5.41) is 0. The number of anilines is 2. The summed E-state index contributed by atoms with van der Waals surface area (Å²) in [5.74, 6) is 0.777. The van der Waals surface area contributed by atoms with Gasteiger partial charge < -0.3 is 9.64 Å². The SMILES string of the molecule is Cc1ccc(S(=O)(=O)Nc2ccc3c(c2)N(CC(C)C)C(=O)C(C)(C)CO3)c(C)c1. The minimum absolute atomic E-state index is 0.0377. The fourth-order valence-corrected chi connectivity index (χ4v) is 4.84. The topological polar surface area (TPSA) is 75.7 Å². The summed E-state index contributed by atoms with van der Waals surface area (Å²) in [7, 11) is -3.77. The molecule has 3 rings (SSSR count). The molecule has 0 radical (unpaired) electrons. The molecule has 0 saturated heterocycles. The van der Waals surface area contributed by atoms with Gasteiger partial charge in [0.1, 0.15) is 12.4 Å². The lowest BCUT2D eigenvalue weighted by Gasteiger charge is -2.29. The Labute approximate surface area is 179 Å². The van der Waals surface area contributed by atoms with E-state index in [9.17, 15) is 13.2 Å². The summed E-state index contributed by atoms with van der Waals surface area (Å²) < 4.78 is 34.5. The van der Waals surface area contributed by atoms with E-state index < -0.39 is 15.4 Å². The van der Waals surface area contributed by atoms with Gasteiger partial charge in [-0.2, -0.15) is 0 Å². The van der Waals surface area contributed by atoms with Crippen molar-refractivity contribution < 1.29 is 17.9 Å². The first-order valence-corrected chi connectivity index (χ1v) is 11.6. The van der Waals surface area contributed by atoms with Gasteiger partial charge in [-0.1, -0.05) is 31.5 Å². The lowest BCUT2D eigenvalue weighted by Crippen LogP contribution is -2.43. The van der Waals surface area contributed by atoms with E-state index in [1.54, 1.807) is 42.2 Å². The average molecular weight is 431 g/mol. The number of benzene rings is 2. The number of sulfonamides is 1. The Bertz CT molecular complexity index is 1070. The summed E-state index contributed by atoms with van der Waals surface area (Å²) in [5.41, 5.74) is 1.98. The fraction of sp³-hybridized carbons (Fsp3) is 0.435. The maximum atomic E-state index is 13.2. The van der Waals surface area contributed by atoms with Crippen LogP contribution in [0.1, 0.15) is 38.8 Å². The highest BCUT2D eigenvalue weighted by Gasteiger charge is 2.38. The Balaban J connectivity index is 2.01. The van der Waals surface area contributed by atoms with E-state index >= 15 is 0 Å². The normalized spacial score (nSPS) is 16.1. The van der Waals surface area contributed by atoms with Crippen molar-refractivity contribution in [2.24, 2.45) is 11.3 Å². The Morgan fingerprint density at radius 2 is 1.83 bits per heavy atom. The molecule has 7 heteroatoms. The minimum Gasteiger partial charge on any atom is -0.490 e. The van der Waals surface area contributed by atoms with Crippen molar-refractivity contribution in [1.29, 1.82) is 0 Å². The molecule has 0 bridgehead atoms. The van der Waals surface area contributed by atoms with Crippen molar-refractivity contribution >= 4 is 27.3 Å². The maximum Gasteiger partial charge on any atom is 0.262 e. The first kappa shape index (κ1) is 22.2. The van der Waals surface area contributed by atoms with E-state index in [-0.39, 0.29) is 23.3 Å². The predicted octanol–water partition coefficient (Wildman–Crippen LogP) is 4.51. The van der Waals surface area contributed by atoms with Crippen molar-refractivity contribution in [3.8, 4) is 5.75 Å². The number of carbonyl (C=O) groups excluding carboxylic acids is 1. The van der Waals surface area contributed by atoms with Crippen LogP contribution in [0.4, 0.5) is 11.4 Å². The minimum atomic E-state index is -3.77. The van der Waals surface area contributed by atoms with E-state index in [2.05, 4.69) is 4.72 Å². The molecule has 1 heterocycles. The van der Waals surface area contributed by atoms with Crippen LogP contribution >= 0.6 is 0 Å². The number of nitrogens with one attached hydrogen (secondary N) is 1. The first-order chi connectivity index (χ1) is 13.9. The number of rotatable bonds is 5. The molecule has 1 amide bonds. The van der Waals surface area contributed by atoms with Gasteiger partial charge in [-0.3, -0.25) is 9.52 Å². The average Bonchev–Trinajstić information content (AvgIpc) is 2.71. The highest BCUT2D eigenvalue weighted by Crippen LogP contribution is 2.39. The molecule has 6 nitrogen and oxygen atoms in total. The molecule has 0 atom stereocenters. The summed E-state index contributed by atoms with van der Waals surface area (Å²) >= 11 is 0. The molecule has 1 aliphatic rings. The lowest BCUT2D eigenvalue weighted by molar-refractivity contribution is -0.127. The van der Waals surface area contributed by atoms with Crippen molar-refractivity contribution in [1.82, 2.24) is 0 Å². The summed E-state index contributed by atoms with van der Waals surface area (Å²) in [6.07, 6.45) is 0. The highest BCUT2D eigenvalue weighted by atomic mass is 32.2. The number of aryl methyl sites for hydroxylation is 2. The van der Waals surface area contributed by atoms with Gasteiger partial charge >= 0.3 is 0 Å². The standard InChI is InChI=1S/C23H30N2O4S/c1-15(2)13-25-19-12-18(8-9-20(19)29-14-23(5,6)22(25)26)24-30(27,28)21-10-7-16(3)11-17(21)4/h7-12,15,24H,13-14H2,1-6H3. The van der Waals surface area contributed by atoms with E-state index in [0.29, 0.717) is 29.2 Å². The van der Waals surface area contributed by atoms with Crippen LogP contribution in [0.5, 0.6) is 5.75 Å². The Kier molecular flexibility index (Phi) is 5.87. The third kappa shape index (κ3) is 4.46. The van der Waals surface area contributed by atoms with Crippen molar-refractivity contribution in [3.05, 3.63) is 47.5 Å². The second-order valence-corrected chi connectivity index (χ2v) is 10.7. The molecule has 162 valence electrons. The third-order valence-corrected chi connectivity index (χ3v) is 6.62. The smallest absolute Gasteiger partial charge is 0.262 e. The van der Waals surface area contributed by atoms with Gasteiger partial charge in [-0.15, -0.1) is 0 Å². The Morgan fingerprint density at radius 1 is 1.13 bits per heavy atom. The van der Waals surface area contributed by atoms with E-state index in [4.69, 9.17) is 4.74 Å².